The Morgan fingerprint density at radius 1 is 1.24 bits per heavy atom. The molecule has 0 saturated heterocycles. The Morgan fingerprint density at radius 2 is 2.05 bits per heavy atom. The van der Waals surface area contributed by atoms with E-state index in [1.807, 2.05) is 48.5 Å². The van der Waals surface area contributed by atoms with Gasteiger partial charge in [-0.25, -0.2) is 0 Å². The van der Waals surface area contributed by atoms with Gasteiger partial charge in [0.15, 0.2) is 5.78 Å². The molecular formula is C17H16O3S. The minimum atomic E-state index is -0.123. The zero-order valence-electron chi connectivity index (χ0n) is 11.7. The average Bonchev–Trinajstić information content (AvgIpc) is 2.52. The fourth-order valence-corrected chi connectivity index (χ4v) is 2.99. The van der Waals surface area contributed by atoms with Crippen LogP contribution in [0.1, 0.15) is 15.9 Å². The van der Waals surface area contributed by atoms with E-state index < -0.39 is 0 Å². The number of Topliss-reactive ketones (excluding diaryl/α,β-unsaturated/α-hetero) is 1. The third-order valence-electron chi connectivity index (χ3n) is 3.53. The molecule has 2 aromatic carbocycles. The van der Waals surface area contributed by atoms with Gasteiger partial charge in [0.1, 0.15) is 5.75 Å². The molecule has 0 saturated carbocycles. The van der Waals surface area contributed by atoms with E-state index in [0.29, 0.717) is 24.3 Å². The maximum absolute atomic E-state index is 12.6. The van der Waals surface area contributed by atoms with Gasteiger partial charge in [-0.05, 0) is 30.2 Å². The Balaban J connectivity index is 1.82. The van der Waals surface area contributed by atoms with E-state index in [1.54, 1.807) is 7.11 Å². The molecule has 3 nitrogen and oxygen atoms in total. The molecule has 1 atom stereocenters. The summed E-state index contributed by atoms with van der Waals surface area (Å²) in [6, 6.07) is 15.6. The summed E-state index contributed by atoms with van der Waals surface area (Å²) in [5, 5.41) is 0. The molecule has 3 rings (SSSR count). The summed E-state index contributed by atoms with van der Waals surface area (Å²) in [6.45, 7) is 0.442. The van der Waals surface area contributed by atoms with Gasteiger partial charge >= 0.3 is 0 Å². The summed E-state index contributed by atoms with van der Waals surface area (Å²) in [4.78, 5) is 13.6. The quantitative estimate of drug-likeness (QED) is 0.805. The highest BCUT2D eigenvalue weighted by Gasteiger charge is 2.29. The summed E-state index contributed by atoms with van der Waals surface area (Å²) in [6.07, 6.45) is 0.709. The van der Waals surface area contributed by atoms with Crippen molar-refractivity contribution in [2.75, 3.05) is 13.7 Å². The fraction of sp³-hybridized carbons (Fsp3) is 0.235. The number of carbonyl (C=O) groups excluding carboxylic acids is 1. The minimum absolute atomic E-state index is 0.123. The number of ketones is 1. The number of benzene rings is 2. The first-order valence-electron chi connectivity index (χ1n) is 6.83. The van der Waals surface area contributed by atoms with Crippen LogP contribution in [0.5, 0.6) is 5.75 Å². The van der Waals surface area contributed by atoms with E-state index in [-0.39, 0.29) is 11.7 Å². The van der Waals surface area contributed by atoms with Crippen molar-refractivity contribution in [2.24, 2.45) is 5.92 Å². The van der Waals surface area contributed by atoms with Gasteiger partial charge in [-0.15, -0.1) is 0 Å². The van der Waals surface area contributed by atoms with Crippen molar-refractivity contribution >= 4 is 17.8 Å². The summed E-state index contributed by atoms with van der Waals surface area (Å²) >= 11 is 1.25. The van der Waals surface area contributed by atoms with E-state index in [9.17, 15) is 4.79 Å². The smallest absolute Gasteiger partial charge is 0.173 e. The van der Waals surface area contributed by atoms with Gasteiger partial charge in [0.05, 0.1) is 25.2 Å². The highest BCUT2D eigenvalue weighted by molar-refractivity contribution is 7.94. The molecular weight excluding hydrogens is 284 g/mol. The number of hydrogen-bond acceptors (Lipinski definition) is 4. The minimum Gasteiger partial charge on any atom is -0.492 e. The molecule has 0 fully saturated rings. The van der Waals surface area contributed by atoms with Gasteiger partial charge in [-0.2, -0.15) is 0 Å². The molecule has 108 valence electrons. The van der Waals surface area contributed by atoms with Crippen molar-refractivity contribution < 1.29 is 13.7 Å². The summed E-state index contributed by atoms with van der Waals surface area (Å²) in [7, 11) is 1.61. The lowest BCUT2D eigenvalue weighted by molar-refractivity contribution is 0.0830. The maximum Gasteiger partial charge on any atom is 0.173 e. The Kier molecular flexibility index (Phi) is 4.27. The fourth-order valence-electron chi connectivity index (χ4n) is 2.51. The maximum atomic E-state index is 12.6. The molecule has 1 aliphatic rings. The van der Waals surface area contributed by atoms with Crippen LogP contribution < -0.4 is 4.74 Å². The zero-order valence-corrected chi connectivity index (χ0v) is 12.6. The Bertz CT molecular complexity index is 640. The van der Waals surface area contributed by atoms with E-state index >= 15 is 0 Å². The second-order valence-corrected chi connectivity index (χ2v) is 5.94. The van der Waals surface area contributed by atoms with Crippen LogP contribution in [0.3, 0.4) is 0 Å². The zero-order chi connectivity index (χ0) is 14.7. The summed E-state index contributed by atoms with van der Waals surface area (Å²) in [5.74, 6) is 0.700. The molecule has 0 aromatic heterocycles. The number of hydrogen-bond donors (Lipinski definition) is 0. The number of ether oxygens (including phenoxy) is 1. The van der Waals surface area contributed by atoms with Gasteiger partial charge in [0.25, 0.3) is 0 Å². The predicted octanol–water partition coefficient (Wildman–Crippen LogP) is 3.77. The van der Waals surface area contributed by atoms with Crippen molar-refractivity contribution in [3.63, 3.8) is 0 Å². The second-order valence-electron chi connectivity index (χ2n) is 4.97. The molecule has 0 amide bonds. The number of fused-ring (bicyclic) bond motifs is 1. The van der Waals surface area contributed by atoms with Crippen LogP contribution in [0.4, 0.5) is 0 Å². The average molecular weight is 300 g/mol. The lowest BCUT2D eigenvalue weighted by atomic mass is 9.90. The van der Waals surface area contributed by atoms with Crippen LogP contribution in [0.15, 0.2) is 53.4 Å². The van der Waals surface area contributed by atoms with Crippen molar-refractivity contribution in [2.45, 2.75) is 11.3 Å². The van der Waals surface area contributed by atoms with Crippen LogP contribution >= 0.6 is 12.0 Å². The van der Waals surface area contributed by atoms with Gasteiger partial charge in [-0.3, -0.25) is 4.79 Å². The number of rotatable bonds is 4. The Labute approximate surface area is 128 Å². The standard InChI is InChI=1S/C17H16O3S/c1-19-21-14-7-8-16-15(10-14)17(18)13(11-20-16)9-12-5-3-2-4-6-12/h2-8,10,13H,9,11H2,1H3. The largest absolute Gasteiger partial charge is 0.492 e. The highest BCUT2D eigenvalue weighted by Crippen LogP contribution is 2.32. The molecule has 0 spiro atoms. The van der Waals surface area contributed by atoms with Crippen molar-refractivity contribution in [3.8, 4) is 5.75 Å². The monoisotopic (exact) mass is 300 g/mol. The van der Waals surface area contributed by atoms with E-state index in [0.717, 1.165) is 10.5 Å². The lowest BCUT2D eigenvalue weighted by Gasteiger charge is -2.24. The molecule has 1 heterocycles. The lowest BCUT2D eigenvalue weighted by Crippen LogP contribution is -2.29. The third-order valence-corrected chi connectivity index (χ3v) is 4.14. The number of carbonyl (C=O) groups is 1. The molecule has 0 radical (unpaired) electrons. The van der Waals surface area contributed by atoms with Crippen LogP contribution in [-0.2, 0) is 10.6 Å². The first-order valence-corrected chi connectivity index (χ1v) is 7.57. The van der Waals surface area contributed by atoms with Gasteiger partial charge < -0.3 is 8.92 Å². The molecule has 21 heavy (non-hydrogen) atoms. The van der Waals surface area contributed by atoms with Crippen LogP contribution in [0.2, 0.25) is 0 Å². The molecule has 1 aliphatic heterocycles. The third kappa shape index (κ3) is 3.12. The van der Waals surface area contributed by atoms with Crippen LogP contribution in [-0.4, -0.2) is 19.5 Å². The van der Waals surface area contributed by atoms with Crippen molar-refractivity contribution in [3.05, 3.63) is 59.7 Å². The highest BCUT2D eigenvalue weighted by atomic mass is 32.2. The molecule has 4 heteroatoms. The SMILES string of the molecule is COSc1ccc2c(c1)C(=O)C(Cc1ccccc1)CO2. The van der Waals surface area contributed by atoms with Crippen LogP contribution in [0, 0.1) is 5.92 Å². The first-order chi connectivity index (χ1) is 10.3. The topological polar surface area (TPSA) is 35.5 Å². The molecule has 2 aromatic rings. The normalized spacial score (nSPS) is 17.2. The van der Waals surface area contributed by atoms with Gasteiger partial charge in [0.2, 0.25) is 0 Å². The van der Waals surface area contributed by atoms with Crippen LogP contribution in [0.25, 0.3) is 0 Å². The van der Waals surface area contributed by atoms with E-state index in [1.165, 1.54) is 12.0 Å². The van der Waals surface area contributed by atoms with Crippen molar-refractivity contribution in [1.29, 1.82) is 0 Å². The summed E-state index contributed by atoms with van der Waals surface area (Å²) in [5.41, 5.74) is 1.81. The predicted molar refractivity (Wildman–Crippen MR) is 82.8 cm³/mol. The Morgan fingerprint density at radius 3 is 2.81 bits per heavy atom. The molecule has 0 bridgehead atoms. The van der Waals surface area contributed by atoms with Gasteiger partial charge in [-0.1, -0.05) is 30.3 Å². The van der Waals surface area contributed by atoms with E-state index in [4.69, 9.17) is 8.92 Å². The molecule has 0 aliphatic carbocycles. The van der Waals surface area contributed by atoms with Crippen molar-refractivity contribution in [1.82, 2.24) is 0 Å². The summed E-state index contributed by atoms with van der Waals surface area (Å²) < 4.78 is 10.8. The second kappa shape index (κ2) is 6.33. The Hall–Kier alpha value is -1.78. The molecule has 1 unspecified atom stereocenters. The van der Waals surface area contributed by atoms with E-state index in [2.05, 4.69) is 0 Å². The first kappa shape index (κ1) is 14.2. The molecule has 0 N–H and O–H groups in total. The van der Waals surface area contributed by atoms with Gasteiger partial charge in [0, 0.05) is 16.9 Å².